The van der Waals surface area contributed by atoms with E-state index in [1.807, 2.05) is 15.6 Å². The standard InChI is InChI=1S/C45H41F3N10O8S/c1-23(24-6-9-28(46)10-7-24)66-34-18-26(8-11-32(34)54-67(64,65)45(47)48)39-38-40(55(2)53-39)31(21-50-41(38)49)27-20-51-57(22-27)29-14-16-56(17-15-29)36(60)19-25-4-3-5-30-37(25)44(63)58(43(30)62)33-12-13-35(59)52-42(33)61/h3-11,18,20-23,29,33,45,54H,12-17,19H2,1-2H3,(H2,49,50)(H,52,59,61). The van der Waals surface area contributed by atoms with E-state index in [-0.39, 0.29) is 59.6 Å². The van der Waals surface area contributed by atoms with Gasteiger partial charge in [0.1, 0.15) is 35.2 Å². The number of hydrogen-bond acceptors (Lipinski definition) is 12. The summed E-state index contributed by atoms with van der Waals surface area (Å²) in [5.74, 6) is -6.94. The minimum Gasteiger partial charge on any atom is -0.484 e. The number of alkyl halides is 2. The molecule has 4 N–H and O–H groups in total. The molecule has 18 nitrogen and oxygen atoms in total. The van der Waals surface area contributed by atoms with Gasteiger partial charge in [0.15, 0.2) is 0 Å². The molecule has 67 heavy (non-hydrogen) atoms. The molecule has 3 aliphatic rings. The first-order valence-electron chi connectivity index (χ1n) is 21.1. The molecule has 2 saturated heterocycles. The van der Waals surface area contributed by atoms with Crippen LogP contribution in [-0.4, -0.2) is 97.2 Å². The zero-order valence-corrected chi connectivity index (χ0v) is 36.6. The number of nitrogens with one attached hydrogen (secondary N) is 2. The molecule has 0 aliphatic carbocycles. The second kappa shape index (κ2) is 17.3. The molecule has 9 rings (SSSR count). The first kappa shape index (κ1) is 44.6. The van der Waals surface area contributed by atoms with Crippen LogP contribution in [0.25, 0.3) is 33.3 Å². The van der Waals surface area contributed by atoms with Gasteiger partial charge in [-0.3, -0.25) is 48.3 Å². The van der Waals surface area contributed by atoms with Crippen molar-refractivity contribution < 1.29 is 50.3 Å². The number of likely N-dealkylation sites (tertiary alicyclic amines) is 1. The molecule has 0 saturated carbocycles. The van der Waals surface area contributed by atoms with Crippen LogP contribution in [0.3, 0.4) is 0 Å². The van der Waals surface area contributed by atoms with Crippen LogP contribution < -0.4 is 20.5 Å². The third-order valence-electron chi connectivity index (χ3n) is 12.3. The average Bonchev–Trinajstić information content (AvgIpc) is 4.00. The van der Waals surface area contributed by atoms with Gasteiger partial charge in [-0.1, -0.05) is 30.3 Å². The summed E-state index contributed by atoms with van der Waals surface area (Å²) in [6.45, 7) is 2.41. The zero-order chi connectivity index (χ0) is 47.5. The lowest BCUT2D eigenvalue weighted by molar-refractivity contribution is -0.136. The van der Waals surface area contributed by atoms with Crippen molar-refractivity contribution in [3.8, 4) is 28.1 Å². The van der Waals surface area contributed by atoms with E-state index in [0.717, 1.165) is 4.90 Å². The number of nitrogen functional groups attached to an aromatic ring is 1. The van der Waals surface area contributed by atoms with Crippen molar-refractivity contribution in [1.29, 1.82) is 0 Å². The summed E-state index contributed by atoms with van der Waals surface area (Å²) in [6.07, 6.45) is 5.33. The highest BCUT2D eigenvalue weighted by Crippen LogP contribution is 2.41. The number of fused-ring (bicyclic) bond motifs is 2. The fraction of sp³-hybridized carbons (Fsp3) is 0.289. The Morgan fingerprint density at radius 2 is 1.72 bits per heavy atom. The lowest BCUT2D eigenvalue weighted by Crippen LogP contribution is -2.54. The molecule has 346 valence electrons. The van der Waals surface area contributed by atoms with E-state index in [1.165, 1.54) is 48.5 Å². The van der Waals surface area contributed by atoms with Gasteiger partial charge < -0.3 is 15.4 Å². The summed E-state index contributed by atoms with van der Waals surface area (Å²) in [5, 5.41) is 12.0. The Bertz CT molecular complexity index is 3130. The number of imide groups is 2. The first-order valence-corrected chi connectivity index (χ1v) is 22.7. The smallest absolute Gasteiger partial charge is 0.355 e. The van der Waals surface area contributed by atoms with Crippen LogP contribution in [-0.2, 0) is 37.9 Å². The van der Waals surface area contributed by atoms with Gasteiger partial charge in [-0.2, -0.15) is 19.0 Å². The fourth-order valence-corrected chi connectivity index (χ4v) is 9.42. The molecule has 0 radical (unpaired) electrons. The Balaban J connectivity index is 0.921. The van der Waals surface area contributed by atoms with E-state index in [0.29, 0.717) is 70.3 Å². The van der Waals surface area contributed by atoms with Crippen molar-refractivity contribution in [1.82, 2.24) is 39.7 Å². The van der Waals surface area contributed by atoms with Gasteiger partial charge in [0.2, 0.25) is 17.7 Å². The number of carbonyl (C=O) groups is 5. The number of benzene rings is 3. The highest BCUT2D eigenvalue weighted by Gasteiger charge is 2.46. The lowest BCUT2D eigenvalue weighted by atomic mass is 9.98. The maximum atomic E-state index is 13.7. The number of nitrogens with two attached hydrogens (primary N) is 1. The number of hydrogen-bond donors (Lipinski definition) is 3. The normalized spacial score (nSPS) is 17.3. The van der Waals surface area contributed by atoms with Gasteiger partial charge in [-0.25, -0.2) is 17.8 Å². The number of ether oxygens (including phenoxy) is 1. The highest BCUT2D eigenvalue weighted by molar-refractivity contribution is 7.93. The average molecular weight is 939 g/mol. The highest BCUT2D eigenvalue weighted by atomic mass is 32.2. The van der Waals surface area contributed by atoms with Crippen molar-refractivity contribution in [2.75, 3.05) is 23.5 Å². The van der Waals surface area contributed by atoms with E-state index >= 15 is 0 Å². The third-order valence-corrected chi connectivity index (χ3v) is 13.2. The second-order valence-electron chi connectivity index (χ2n) is 16.5. The summed E-state index contributed by atoms with van der Waals surface area (Å²) in [4.78, 5) is 71.9. The van der Waals surface area contributed by atoms with Gasteiger partial charge in [-0.15, -0.1) is 0 Å². The quantitative estimate of drug-likeness (QED) is 0.136. The summed E-state index contributed by atoms with van der Waals surface area (Å²) in [6, 6.07) is 13.1. The number of amides is 5. The zero-order valence-electron chi connectivity index (χ0n) is 35.8. The molecule has 22 heteroatoms. The molecule has 3 aromatic carbocycles. The van der Waals surface area contributed by atoms with E-state index in [4.69, 9.17) is 15.6 Å². The van der Waals surface area contributed by atoms with Crippen molar-refractivity contribution in [2.24, 2.45) is 7.05 Å². The Morgan fingerprint density at radius 3 is 2.43 bits per heavy atom. The molecule has 5 amide bonds. The van der Waals surface area contributed by atoms with Gasteiger partial charge in [0, 0.05) is 55.6 Å². The van der Waals surface area contributed by atoms with E-state index in [9.17, 15) is 45.6 Å². The van der Waals surface area contributed by atoms with Crippen molar-refractivity contribution in [3.05, 3.63) is 107 Å². The van der Waals surface area contributed by atoms with Gasteiger partial charge in [0.25, 0.3) is 21.8 Å². The molecule has 2 fully saturated rings. The number of rotatable bonds is 12. The second-order valence-corrected chi connectivity index (χ2v) is 18.1. The number of carbonyl (C=O) groups excluding carboxylic acids is 5. The Morgan fingerprint density at radius 1 is 0.970 bits per heavy atom. The van der Waals surface area contributed by atoms with E-state index in [2.05, 4.69) is 15.4 Å². The Hall–Kier alpha value is -7.62. The number of piperidine rings is 2. The molecule has 6 heterocycles. The minimum atomic E-state index is -5.09. The summed E-state index contributed by atoms with van der Waals surface area (Å²) in [7, 11) is -3.39. The van der Waals surface area contributed by atoms with Crippen LogP contribution in [0.4, 0.5) is 24.7 Å². The number of aromatic nitrogens is 5. The van der Waals surface area contributed by atoms with Crippen LogP contribution in [0.2, 0.25) is 0 Å². The Labute approximate surface area is 379 Å². The number of aryl methyl sites for hydroxylation is 1. The summed E-state index contributed by atoms with van der Waals surface area (Å²) >= 11 is 0. The third kappa shape index (κ3) is 8.32. The maximum absolute atomic E-state index is 13.7. The molecule has 0 spiro atoms. The summed E-state index contributed by atoms with van der Waals surface area (Å²) in [5.41, 5.74) is 9.93. The van der Waals surface area contributed by atoms with Crippen LogP contribution in [0, 0.1) is 5.82 Å². The predicted octanol–water partition coefficient (Wildman–Crippen LogP) is 5.13. The number of halogens is 3. The molecular weight excluding hydrogens is 898 g/mol. The Kier molecular flexibility index (Phi) is 11.5. The molecule has 3 aromatic heterocycles. The monoisotopic (exact) mass is 938 g/mol. The van der Waals surface area contributed by atoms with Gasteiger partial charge in [-0.05, 0) is 67.6 Å². The van der Waals surface area contributed by atoms with Gasteiger partial charge >= 0.3 is 5.76 Å². The maximum Gasteiger partial charge on any atom is 0.355 e. The van der Waals surface area contributed by atoms with Gasteiger partial charge in [0.05, 0.1) is 46.4 Å². The summed E-state index contributed by atoms with van der Waals surface area (Å²) < 4.78 is 76.5. The largest absolute Gasteiger partial charge is 0.484 e. The minimum absolute atomic E-state index is 0.0101. The molecule has 3 aliphatic heterocycles. The van der Waals surface area contributed by atoms with Crippen LogP contribution in [0.15, 0.2) is 79.3 Å². The molecule has 6 aromatic rings. The molecule has 2 unspecified atom stereocenters. The molecular formula is C45H41F3N10O8S. The fourth-order valence-electron chi connectivity index (χ4n) is 8.85. The number of nitrogens with zero attached hydrogens (tertiary/aromatic N) is 7. The predicted molar refractivity (Wildman–Crippen MR) is 235 cm³/mol. The van der Waals surface area contributed by atoms with Crippen LogP contribution >= 0.6 is 0 Å². The van der Waals surface area contributed by atoms with Crippen molar-refractivity contribution in [3.63, 3.8) is 0 Å². The topological polar surface area (TPSA) is 234 Å². The van der Waals surface area contributed by atoms with Crippen molar-refractivity contribution in [2.45, 2.75) is 63.0 Å². The number of pyridine rings is 1. The first-order chi connectivity index (χ1) is 32.0. The SMILES string of the molecule is CC(Oc1cc(-c2nn(C)c3c(-c4cnn(C5CCN(C(=O)Cc6cccc7c6C(=O)N(C6CCC(=O)NC6=O)C7=O)CC5)c4)cnc(N)c23)ccc1NS(=O)(=O)C(F)F)c1ccc(F)cc1. The van der Waals surface area contributed by atoms with Crippen LogP contribution in [0.1, 0.15) is 76.6 Å². The molecule has 0 bridgehead atoms. The van der Waals surface area contributed by atoms with Crippen molar-refractivity contribution >= 4 is 62.0 Å². The van der Waals surface area contributed by atoms with E-state index in [1.54, 1.807) is 48.1 Å². The van der Waals surface area contributed by atoms with E-state index < -0.39 is 57.4 Å². The number of sulfonamides is 1. The molecule has 2 atom stereocenters. The van der Waals surface area contributed by atoms with Crippen LogP contribution in [0.5, 0.6) is 5.75 Å². The lowest BCUT2D eigenvalue weighted by Gasteiger charge is -2.32. The number of anilines is 2.